The summed E-state index contributed by atoms with van der Waals surface area (Å²) < 4.78 is 0. The molecule has 0 aromatic carbocycles. The smallest absolute Gasteiger partial charge is 0.224 e. The molecule has 118 valence electrons. The minimum absolute atomic E-state index is 0.169. The second kappa shape index (κ2) is 6.94. The Morgan fingerprint density at radius 2 is 2.00 bits per heavy atom. The van der Waals surface area contributed by atoms with Crippen LogP contribution in [0.2, 0.25) is 10.3 Å². The number of nitrogens with zero attached hydrogens (tertiary/aromatic N) is 6. The van der Waals surface area contributed by atoms with E-state index in [-0.39, 0.29) is 11.3 Å². The second-order valence-corrected chi connectivity index (χ2v) is 5.88. The lowest BCUT2D eigenvalue weighted by Gasteiger charge is -2.33. The van der Waals surface area contributed by atoms with Gasteiger partial charge in [-0.3, -0.25) is 0 Å². The van der Waals surface area contributed by atoms with Gasteiger partial charge in [-0.1, -0.05) is 11.6 Å². The summed E-state index contributed by atoms with van der Waals surface area (Å²) in [5, 5.41) is 20.6. The number of hydrogen-bond acceptors (Lipinski definition) is 7. The lowest BCUT2D eigenvalue weighted by Crippen LogP contribution is -2.39. The van der Waals surface area contributed by atoms with Crippen molar-refractivity contribution in [3.05, 3.63) is 34.3 Å². The molecule has 0 radical (unpaired) electrons. The Morgan fingerprint density at radius 1 is 1.22 bits per heavy atom. The van der Waals surface area contributed by atoms with E-state index in [2.05, 4.69) is 30.4 Å². The van der Waals surface area contributed by atoms with Crippen LogP contribution in [0.15, 0.2) is 18.3 Å². The fourth-order valence-electron chi connectivity index (χ4n) is 2.45. The zero-order chi connectivity index (χ0) is 16.2. The summed E-state index contributed by atoms with van der Waals surface area (Å²) in [6, 6.07) is 5.71. The van der Waals surface area contributed by atoms with Gasteiger partial charge in [-0.25, -0.2) is 4.98 Å². The molecule has 0 unspecified atom stereocenters. The molecule has 7 nitrogen and oxygen atoms in total. The van der Waals surface area contributed by atoms with Gasteiger partial charge < -0.3 is 10.2 Å². The van der Waals surface area contributed by atoms with Crippen LogP contribution in [0.5, 0.6) is 0 Å². The number of hydrogen-bond donors (Lipinski definition) is 1. The largest absolute Gasteiger partial charge is 0.366 e. The van der Waals surface area contributed by atoms with Crippen molar-refractivity contribution in [1.29, 1.82) is 5.26 Å². The molecule has 2 aromatic rings. The Hall–Kier alpha value is -2.17. The van der Waals surface area contributed by atoms with Crippen LogP contribution in [-0.4, -0.2) is 39.3 Å². The number of piperidine rings is 1. The molecule has 3 rings (SSSR count). The van der Waals surface area contributed by atoms with Gasteiger partial charge in [0.05, 0.1) is 6.20 Å². The second-order valence-electron chi connectivity index (χ2n) is 5.13. The van der Waals surface area contributed by atoms with Crippen molar-refractivity contribution in [3.8, 4) is 6.07 Å². The van der Waals surface area contributed by atoms with Crippen molar-refractivity contribution in [3.63, 3.8) is 0 Å². The predicted molar refractivity (Wildman–Crippen MR) is 87.7 cm³/mol. The molecule has 23 heavy (non-hydrogen) atoms. The van der Waals surface area contributed by atoms with Gasteiger partial charge in [-0.15, -0.1) is 10.2 Å². The summed E-state index contributed by atoms with van der Waals surface area (Å²) >= 11 is 11.9. The summed E-state index contributed by atoms with van der Waals surface area (Å²) in [5.41, 5.74) is 0.320. The van der Waals surface area contributed by atoms with Crippen molar-refractivity contribution in [2.45, 2.75) is 18.9 Å². The van der Waals surface area contributed by atoms with Gasteiger partial charge in [-0.2, -0.15) is 10.2 Å². The van der Waals surface area contributed by atoms with Crippen molar-refractivity contribution in [2.24, 2.45) is 0 Å². The van der Waals surface area contributed by atoms with Crippen LogP contribution in [-0.2, 0) is 0 Å². The topological polar surface area (TPSA) is 90.6 Å². The monoisotopic (exact) mass is 349 g/mol. The van der Waals surface area contributed by atoms with E-state index in [9.17, 15) is 0 Å². The maximum absolute atomic E-state index is 8.75. The first-order valence-electron chi connectivity index (χ1n) is 7.09. The standard InChI is InChI=1S/C14H13Cl2N7/c15-11-8-18-14(16)20-13(11)19-9-3-5-23(6-4-9)12-2-1-10(7-17)21-22-12/h1-2,8-9H,3-6H2,(H,18,19,20). The van der Waals surface area contributed by atoms with Gasteiger partial charge in [0, 0.05) is 19.1 Å². The fraction of sp³-hybridized carbons (Fsp3) is 0.357. The van der Waals surface area contributed by atoms with Gasteiger partial charge in [0.25, 0.3) is 0 Å². The number of halogens is 2. The normalized spacial score (nSPS) is 15.3. The van der Waals surface area contributed by atoms with E-state index in [1.807, 2.05) is 12.1 Å². The molecule has 1 fully saturated rings. The summed E-state index contributed by atoms with van der Waals surface area (Å²) in [6.07, 6.45) is 3.29. The highest BCUT2D eigenvalue weighted by Gasteiger charge is 2.21. The quantitative estimate of drug-likeness (QED) is 0.851. The molecular weight excluding hydrogens is 337 g/mol. The highest BCUT2D eigenvalue weighted by Crippen LogP contribution is 2.24. The zero-order valence-electron chi connectivity index (χ0n) is 12.1. The van der Waals surface area contributed by atoms with Crippen LogP contribution in [0, 0.1) is 11.3 Å². The van der Waals surface area contributed by atoms with E-state index in [1.54, 1.807) is 6.07 Å². The Balaban J connectivity index is 1.59. The van der Waals surface area contributed by atoms with E-state index >= 15 is 0 Å². The molecule has 2 aromatic heterocycles. The van der Waals surface area contributed by atoms with Crippen molar-refractivity contribution < 1.29 is 0 Å². The maximum atomic E-state index is 8.75. The van der Waals surface area contributed by atoms with Crippen LogP contribution in [0.4, 0.5) is 11.6 Å². The van der Waals surface area contributed by atoms with Crippen LogP contribution in [0.3, 0.4) is 0 Å². The minimum atomic E-state index is 0.169. The number of nitrogens with one attached hydrogen (secondary N) is 1. The highest BCUT2D eigenvalue weighted by molar-refractivity contribution is 6.33. The molecule has 0 saturated carbocycles. The third-order valence-corrected chi connectivity index (χ3v) is 4.10. The van der Waals surface area contributed by atoms with E-state index < -0.39 is 0 Å². The molecule has 3 heterocycles. The van der Waals surface area contributed by atoms with E-state index in [1.165, 1.54) is 6.20 Å². The number of aromatic nitrogens is 4. The molecule has 0 bridgehead atoms. The summed E-state index contributed by atoms with van der Waals surface area (Å²) in [6.45, 7) is 1.66. The first-order valence-corrected chi connectivity index (χ1v) is 7.84. The fourth-order valence-corrected chi connectivity index (χ4v) is 2.73. The average molecular weight is 350 g/mol. The van der Waals surface area contributed by atoms with Gasteiger partial charge in [0.1, 0.15) is 16.9 Å². The lowest BCUT2D eigenvalue weighted by atomic mass is 10.1. The van der Waals surface area contributed by atoms with Gasteiger partial charge in [-0.05, 0) is 36.6 Å². The Morgan fingerprint density at radius 3 is 2.65 bits per heavy atom. The number of nitriles is 1. The van der Waals surface area contributed by atoms with Crippen molar-refractivity contribution in [2.75, 3.05) is 23.3 Å². The predicted octanol–water partition coefficient (Wildman–Crippen LogP) is 2.53. The van der Waals surface area contributed by atoms with Crippen LogP contribution in [0.25, 0.3) is 0 Å². The molecule has 1 aliphatic rings. The van der Waals surface area contributed by atoms with E-state index in [0.717, 1.165) is 31.7 Å². The first kappa shape index (κ1) is 15.7. The summed E-state index contributed by atoms with van der Waals surface area (Å²) in [5.74, 6) is 1.34. The molecule has 0 atom stereocenters. The molecule has 1 N–H and O–H groups in total. The number of anilines is 2. The van der Waals surface area contributed by atoms with Crippen LogP contribution < -0.4 is 10.2 Å². The third-order valence-electron chi connectivity index (χ3n) is 3.64. The zero-order valence-corrected chi connectivity index (χ0v) is 13.6. The molecular formula is C14H13Cl2N7. The molecule has 0 spiro atoms. The van der Waals surface area contributed by atoms with Gasteiger partial charge >= 0.3 is 0 Å². The SMILES string of the molecule is N#Cc1ccc(N2CCC(Nc3nc(Cl)ncc3Cl)CC2)nn1. The molecule has 0 amide bonds. The Kier molecular flexibility index (Phi) is 4.74. The van der Waals surface area contributed by atoms with Crippen LogP contribution in [0.1, 0.15) is 18.5 Å². The summed E-state index contributed by atoms with van der Waals surface area (Å²) in [4.78, 5) is 10.1. The Bertz CT molecular complexity index is 721. The van der Waals surface area contributed by atoms with Gasteiger partial charge in [0.2, 0.25) is 5.28 Å². The minimum Gasteiger partial charge on any atom is -0.366 e. The van der Waals surface area contributed by atoms with Crippen molar-refractivity contribution >= 4 is 34.8 Å². The third kappa shape index (κ3) is 3.78. The molecule has 1 saturated heterocycles. The number of rotatable bonds is 3. The maximum Gasteiger partial charge on any atom is 0.224 e. The lowest BCUT2D eigenvalue weighted by molar-refractivity contribution is 0.521. The average Bonchev–Trinajstić information content (AvgIpc) is 2.59. The summed E-state index contributed by atoms with van der Waals surface area (Å²) in [7, 11) is 0. The van der Waals surface area contributed by atoms with E-state index in [0.29, 0.717) is 16.5 Å². The van der Waals surface area contributed by atoms with Crippen LogP contribution >= 0.6 is 23.2 Å². The molecule has 1 aliphatic heterocycles. The Labute approximate surface area is 143 Å². The highest BCUT2D eigenvalue weighted by atomic mass is 35.5. The van der Waals surface area contributed by atoms with E-state index in [4.69, 9.17) is 28.5 Å². The van der Waals surface area contributed by atoms with Gasteiger partial charge in [0.15, 0.2) is 11.5 Å². The first-order chi connectivity index (χ1) is 11.2. The van der Waals surface area contributed by atoms with Crippen molar-refractivity contribution in [1.82, 2.24) is 20.2 Å². The molecule has 9 heteroatoms. The molecule has 0 aliphatic carbocycles.